The summed E-state index contributed by atoms with van der Waals surface area (Å²) in [4.78, 5) is 2.21. The van der Waals surface area contributed by atoms with Crippen LogP contribution in [0.4, 0.5) is 13.2 Å². The van der Waals surface area contributed by atoms with Gasteiger partial charge < -0.3 is 9.47 Å². The van der Waals surface area contributed by atoms with Gasteiger partial charge in [-0.3, -0.25) is 4.90 Å². The van der Waals surface area contributed by atoms with Crippen LogP contribution in [0, 0.1) is 0 Å². The number of likely N-dealkylation sites (tertiary alicyclic amines) is 1. The van der Waals surface area contributed by atoms with Crippen LogP contribution in [0.1, 0.15) is 12.0 Å². The highest BCUT2D eigenvalue weighted by atomic mass is 32.2. The molecule has 112 valence electrons. The van der Waals surface area contributed by atoms with Gasteiger partial charge in [-0.25, -0.2) is 0 Å². The third kappa shape index (κ3) is 3.73. The molecular weight excluding hydrogens is 291 g/mol. The minimum absolute atomic E-state index is 0.0369. The molecule has 3 nitrogen and oxygen atoms in total. The molecule has 0 bridgehead atoms. The summed E-state index contributed by atoms with van der Waals surface area (Å²) in [6.07, 6.45) is 1.14. The van der Waals surface area contributed by atoms with E-state index >= 15 is 0 Å². The van der Waals surface area contributed by atoms with E-state index in [9.17, 15) is 13.2 Å². The maximum atomic E-state index is 12.6. The zero-order chi connectivity index (χ0) is 14.8. The fraction of sp³-hybridized carbons (Fsp3) is 0.538. The van der Waals surface area contributed by atoms with E-state index < -0.39 is 5.51 Å². The minimum Gasteiger partial charge on any atom is -0.493 e. The Balaban J connectivity index is 2.31. The zero-order valence-corrected chi connectivity index (χ0v) is 12.1. The van der Waals surface area contributed by atoms with Gasteiger partial charge in [0.05, 0.1) is 19.1 Å². The van der Waals surface area contributed by atoms with Gasteiger partial charge in [-0.1, -0.05) is 0 Å². The first kappa shape index (κ1) is 15.3. The molecule has 2 rings (SSSR count). The third-order valence-corrected chi connectivity index (χ3v) is 3.84. The van der Waals surface area contributed by atoms with Gasteiger partial charge in [0.2, 0.25) is 0 Å². The van der Waals surface area contributed by atoms with Crippen LogP contribution in [0.25, 0.3) is 0 Å². The van der Waals surface area contributed by atoms with E-state index in [2.05, 4.69) is 4.90 Å². The Bertz CT molecular complexity index is 475. The monoisotopic (exact) mass is 307 g/mol. The van der Waals surface area contributed by atoms with Gasteiger partial charge in [-0.2, -0.15) is 13.2 Å². The third-order valence-electron chi connectivity index (χ3n) is 3.09. The van der Waals surface area contributed by atoms with Gasteiger partial charge in [-0.15, -0.1) is 0 Å². The summed E-state index contributed by atoms with van der Waals surface area (Å²) in [5.41, 5.74) is -3.55. The summed E-state index contributed by atoms with van der Waals surface area (Å²) in [7, 11) is 2.76. The average Bonchev–Trinajstić information content (AvgIpc) is 2.31. The molecule has 1 saturated heterocycles. The molecule has 1 aromatic rings. The lowest BCUT2D eigenvalue weighted by molar-refractivity contribution is -0.0328. The van der Waals surface area contributed by atoms with Crippen molar-refractivity contribution in [2.24, 2.45) is 0 Å². The fourth-order valence-corrected chi connectivity index (χ4v) is 2.81. The number of hydrogen-bond acceptors (Lipinski definition) is 4. The summed E-state index contributed by atoms with van der Waals surface area (Å²) in [5, 5.41) is 0. The summed E-state index contributed by atoms with van der Waals surface area (Å²) >= 11 is -0.175. The number of nitrogens with zero attached hydrogens (tertiary/aromatic N) is 1. The van der Waals surface area contributed by atoms with Crippen LogP contribution in [-0.2, 0) is 6.54 Å². The maximum absolute atomic E-state index is 12.6. The zero-order valence-electron chi connectivity index (χ0n) is 11.3. The van der Waals surface area contributed by atoms with Crippen LogP contribution in [0.3, 0.4) is 0 Å². The Labute approximate surface area is 120 Å². The second kappa shape index (κ2) is 6.13. The Morgan fingerprint density at radius 1 is 1.20 bits per heavy atom. The Morgan fingerprint density at radius 2 is 1.90 bits per heavy atom. The molecule has 0 unspecified atom stereocenters. The molecule has 0 spiro atoms. The van der Waals surface area contributed by atoms with Crippen molar-refractivity contribution in [3.8, 4) is 11.5 Å². The smallest absolute Gasteiger partial charge is 0.446 e. The second-order valence-corrected chi connectivity index (χ2v) is 5.61. The quantitative estimate of drug-likeness (QED) is 0.776. The van der Waals surface area contributed by atoms with E-state index in [1.54, 1.807) is 6.07 Å². The lowest BCUT2D eigenvalue weighted by Gasteiger charge is -2.31. The van der Waals surface area contributed by atoms with Crippen LogP contribution in [0.15, 0.2) is 17.0 Å². The van der Waals surface area contributed by atoms with Crippen molar-refractivity contribution in [1.82, 2.24) is 4.90 Å². The molecule has 1 aliphatic heterocycles. The Kier molecular flexibility index (Phi) is 4.70. The van der Waals surface area contributed by atoms with Gasteiger partial charge in [0.1, 0.15) is 0 Å². The number of ether oxygens (including phenoxy) is 2. The fourth-order valence-electron chi connectivity index (χ4n) is 2.07. The van der Waals surface area contributed by atoms with Crippen molar-refractivity contribution >= 4 is 11.8 Å². The second-order valence-electron chi connectivity index (χ2n) is 4.51. The van der Waals surface area contributed by atoms with Crippen LogP contribution in [0.2, 0.25) is 0 Å². The SMILES string of the molecule is COc1cc(CN2CCC2)cc(SC(F)(F)F)c1OC. The van der Waals surface area contributed by atoms with Gasteiger partial charge in [-0.05, 0) is 49.0 Å². The van der Waals surface area contributed by atoms with E-state index in [1.165, 1.54) is 20.3 Å². The molecule has 0 saturated carbocycles. The van der Waals surface area contributed by atoms with Gasteiger partial charge >= 0.3 is 5.51 Å². The van der Waals surface area contributed by atoms with Crippen molar-refractivity contribution in [1.29, 1.82) is 0 Å². The number of halogens is 3. The highest BCUT2D eigenvalue weighted by Gasteiger charge is 2.32. The van der Waals surface area contributed by atoms with Crippen LogP contribution < -0.4 is 9.47 Å². The first-order valence-electron chi connectivity index (χ1n) is 6.16. The van der Waals surface area contributed by atoms with Gasteiger partial charge in [0.25, 0.3) is 0 Å². The van der Waals surface area contributed by atoms with E-state index in [1.807, 2.05) is 0 Å². The largest absolute Gasteiger partial charge is 0.493 e. The number of hydrogen-bond donors (Lipinski definition) is 0. The average molecular weight is 307 g/mol. The maximum Gasteiger partial charge on any atom is 0.446 e. The first-order valence-corrected chi connectivity index (χ1v) is 6.97. The van der Waals surface area contributed by atoms with E-state index in [0.717, 1.165) is 25.1 Å². The number of methoxy groups -OCH3 is 2. The predicted molar refractivity (Wildman–Crippen MR) is 71.4 cm³/mol. The standard InChI is InChI=1S/C13H16F3NO2S/c1-18-10-6-9(8-17-4-3-5-17)7-11(12(10)19-2)20-13(14,15)16/h6-7H,3-5,8H2,1-2H3. The highest BCUT2D eigenvalue weighted by Crippen LogP contribution is 2.45. The molecule has 1 aromatic carbocycles. The van der Waals surface area contributed by atoms with Crippen molar-refractivity contribution in [2.45, 2.75) is 23.4 Å². The van der Waals surface area contributed by atoms with Crippen molar-refractivity contribution < 1.29 is 22.6 Å². The molecule has 1 aliphatic rings. The molecule has 20 heavy (non-hydrogen) atoms. The predicted octanol–water partition coefficient (Wildman–Crippen LogP) is 3.52. The van der Waals surface area contributed by atoms with Crippen LogP contribution in [-0.4, -0.2) is 37.7 Å². The van der Waals surface area contributed by atoms with E-state index in [4.69, 9.17) is 9.47 Å². The first-order chi connectivity index (χ1) is 9.43. The van der Waals surface area contributed by atoms with E-state index in [-0.39, 0.29) is 22.4 Å². The molecule has 0 N–H and O–H groups in total. The lowest BCUT2D eigenvalue weighted by Crippen LogP contribution is -2.36. The highest BCUT2D eigenvalue weighted by molar-refractivity contribution is 8.00. The van der Waals surface area contributed by atoms with Crippen molar-refractivity contribution in [2.75, 3.05) is 27.3 Å². The summed E-state index contributed by atoms with van der Waals surface area (Å²) in [5.74, 6) is 0.458. The van der Waals surface area contributed by atoms with Crippen molar-refractivity contribution in [3.63, 3.8) is 0 Å². The molecule has 0 amide bonds. The lowest BCUT2D eigenvalue weighted by atomic mass is 10.1. The molecular formula is C13H16F3NO2S. The van der Waals surface area contributed by atoms with Crippen LogP contribution >= 0.6 is 11.8 Å². The molecule has 0 aromatic heterocycles. The van der Waals surface area contributed by atoms with Gasteiger partial charge in [0.15, 0.2) is 11.5 Å². The summed E-state index contributed by atoms with van der Waals surface area (Å²) in [6.45, 7) is 2.60. The number of rotatable bonds is 5. The molecule has 7 heteroatoms. The van der Waals surface area contributed by atoms with Crippen molar-refractivity contribution in [3.05, 3.63) is 17.7 Å². The molecule has 1 heterocycles. The summed E-state index contributed by atoms with van der Waals surface area (Å²) < 4.78 is 48.1. The molecule has 0 radical (unpaired) electrons. The topological polar surface area (TPSA) is 21.7 Å². The number of thioether (sulfide) groups is 1. The Hall–Kier alpha value is -1.08. The summed E-state index contributed by atoms with van der Waals surface area (Å²) in [6, 6.07) is 3.26. The molecule has 0 aliphatic carbocycles. The number of alkyl halides is 3. The normalized spacial score (nSPS) is 15.8. The number of benzene rings is 1. The Morgan fingerprint density at radius 3 is 2.35 bits per heavy atom. The van der Waals surface area contributed by atoms with Gasteiger partial charge in [0, 0.05) is 6.54 Å². The molecule has 0 atom stereocenters. The molecule has 1 fully saturated rings. The van der Waals surface area contributed by atoms with Crippen LogP contribution in [0.5, 0.6) is 11.5 Å². The minimum atomic E-state index is -4.35. The van der Waals surface area contributed by atoms with E-state index in [0.29, 0.717) is 12.3 Å².